The van der Waals surface area contributed by atoms with Crippen molar-refractivity contribution < 1.29 is 19.4 Å². The third-order valence-electron chi connectivity index (χ3n) is 9.44. The minimum atomic E-state index is -0.883. The van der Waals surface area contributed by atoms with Crippen LogP contribution < -0.4 is 5.73 Å². The third kappa shape index (κ3) is 36.4. The summed E-state index contributed by atoms with van der Waals surface area (Å²) in [6.07, 6.45) is 45.8. The molecule has 0 spiro atoms. The number of aliphatic hydroxyl groups excluding tert-OH is 1. The second-order valence-electron chi connectivity index (χ2n) is 14.2. The second-order valence-corrected chi connectivity index (χ2v) is 14.2. The lowest BCUT2D eigenvalue weighted by molar-refractivity contribution is -0.135. The SMILES string of the molecule is CCCCCCCCC=CCCCCCCCCOCCN(CCOCCCCCCCCC=CCCCCCCCC)C(=O)[C@@H](N)CO. The zero-order valence-electron chi connectivity index (χ0n) is 32.8. The first-order valence-electron chi connectivity index (χ1n) is 21.3. The summed E-state index contributed by atoms with van der Waals surface area (Å²) < 4.78 is 11.7. The van der Waals surface area contributed by atoms with E-state index in [1.807, 2.05) is 0 Å². The molecule has 3 N–H and O–H groups in total. The van der Waals surface area contributed by atoms with Gasteiger partial charge in [0.15, 0.2) is 0 Å². The fourth-order valence-electron chi connectivity index (χ4n) is 6.10. The predicted octanol–water partition coefficient (Wildman–Crippen LogP) is 11.2. The molecule has 0 unspecified atom stereocenters. The molecular formula is C43H84N2O4. The third-order valence-corrected chi connectivity index (χ3v) is 9.44. The summed E-state index contributed by atoms with van der Waals surface area (Å²) in [7, 11) is 0. The summed E-state index contributed by atoms with van der Waals surface area (Å²) in [4.78, 5) is 14.3. The van der Waals surface area contributed by atoms with E-state index in [0.717, 1.165) is 26.1 Å². The summed E-state index contributed by atoms with van der Waals surface area (Å²) in [6, 6.07) is -0.883. The van der Waals surface area contributed by atoms with Crippen molar-refractivity contribution in [3.63, 3.8) is 0 Å². The van der Waals surface area contributed by atoms with E-state index in [1.165, 1.54) is 167 Å². The molecule has 0 radical (unpaired) electrons. The van der Waals surface area contributed by atoms with E-state index in [-0.39, 0.29) is 12.5 Å². The Hall–Kier alpha value is -1.21. The molecule has 0 aliphatic rings. The average molecular weight is 693 g/mol. The maximum Gasteiger partial charge on any atom is 0.242 e. The topological polar surface area (TPSA) is 85.0 Å². The first kappa shape index (κ1) is 47.8. The van der Waals surface area contributed by atoms with Crippen LogP contribution in [0.3, 0.4) is 0 Å². The highest BCUT2D eigenvalue weighted by molar-refractivity contribution is 5.81. The molecule has 0 heterocycles. The van der Waals surface area contributed by atoms with Crippen molar-refractivity contribution in [1.29, 1.82) is 0 Å². The van der Waals surface area contributed by atoms with Gasteiger partial charge < -0.3 is 25.2 Å². The second kappa shape index (κ2) is 41.2. The number of rotatable bonds is 40. The van der Waals surface area contributed by atoms with Crippen LogP contribution >= 0.6 is 0 Å². The molecule has 0 rings (SSSR count). The lowest BCUT2D eigenvalue weighted by atomic mass is 10.1. The van der Waals surface area contributed by atoms with Gasteiger partial charge in [0, 0.05) is 26.3 Å². The Morgan fingerprint density at radius 3 is 1.14 bits per heavy atom. The maximum atomic E-state index is 12.6. The van der Waals surface area contributed by atoms with Gasteiger partial charge in [0.2, 0.25) is 5.91 Å². The van der Waals surface area contributed by atoms with Gasteiger partial charge in [-0.2, -0.15) is 0 Å². The minimum Gasteiger partial charge on any atom is -0.394 e. The van der Waals surface area contributed by atoms with Crippen LogP contribution in [0.1, 0.15) is 194 Å². The molecule has 1 atom stereocenters. The van der Waals surface area contributed by atoms with Gasteiger partial charge in [0.05, 0.1) is 19.8 Å². The van der Waals surface area contributed by atoms with Gasteiger partial charge in [-0.25, -0.2) is 0 Å². The molecule has 0 aliphatic carbocycles. The first-order chi connectivity index (χ1) is 24.2. The molecule has 49 heavy (non-hydrogen) atoms. The number of hydrogen-bond donors (Lipinski definition) is 2. The fraction of sp³-hybridized carbons (Fsp3) is 0.884. The molecule has 0 saturated carbocycles. The van der Waals surface area contributed by atoms with E-state index >= 15 is 0 Å². The highest BCUT2D eigenvalue weighted by Gasteiger charge is 2.20. The molecule has 6 nitrogen and oxygen atoms in total. The molecule has 0 aliphatic heterocycles. The normalized spacial score (nSPS) is 12.5. The number of carbonyl (C=O) groups excluding carboxylic acids is 1. The Bertz CT molecular complexity index is 666. The van der Waals surface area contributed by atoms with Gasteiger partial charge in [-0.1, -0.05) is 154 Å². The standard InChI is InChI=1S/C43H84N2O4/c1-3-5-7-9-11-13-15-17-19-21-23-25-27-29-31-33-37-48-39-35-45(43(47)42(44)41-46)36-40-49-38-34-32-30-28-26-24-22-20-18-16-14-12-10-8-6-4-2/h17-20,42,46H,3-16,21-41,44H2,1-2H3/t42-/m0/s1. The Kier molecular flexibility index (Phi) is 40.2. The van der Waals surface area contributed by atoms with Crippen molar-refractivity contribution in [2.24, 2.45) is 5.73 Å². The summed E-state index contributed by atoms with van der Waals surface area (Å²) >= 11 is 0. The van der Waals surface area contributed by atoms with Gasteiger partial charge in [0.25, 0.3) is 0 Å². The van der Waals surface area contributed by atoms with Crippen LogP contribution in [0.4, 0.5) is 0 Å². The maximum absolute atomic E-state index is 12.6. The Balaban J connectivity index is 3.70. The van der Waals surface area contributed by atoms with E-state index in [2.05, 4.69) is 38.2 Å². The van der Waals surface area contributed by atoms with Crippen LogP contribution in [-0.2, 0) is 14.3 Å². The Morgan fingerprint density at radius 2 is 0.816 bits per heavy atom. The molecular weight excluding hydrogens is 608 g/mol. The van der Waals surface area contributed by atoms with E-state index in [1.54, 1.807) is 4.90 Å². The molecule has 6 heteroatoms. The fourth-order valence-corrected chi connectivity index (χ4v) is 6.10. The number of hydrogen-bond acceptors (Lipinski definition) is 5. The van der Waals surface area contributed by atoms with Gasteiger partial charge in [-0.05, 0) is 64.2 Å². The number of allylic oxidation sites excluding steroid dienone is 4. The molecule has 0 aromatic heterocycles. The number of nitrogens with two attached hydrogens (primary N) is 1. The minimum absolute atomic E-state index is 0.232. The predicted molar refractivity (Wildman–Crippen MR) is 212 cm³/mol. The highest BCUT2D eigenvalue weighted by Crippen LogP contribution is 2.12. The summed E-state index contributed by atoms with van der Waals surface area (Å²) in [6.45, 7) is 7.60. The molecule has 290 valence electrons. The summed E-state index contributed by atoms with van der Waals surface area (Å²) in [5.41, 5.74) is 5.84. The summed E-state index contributed by atoms with van der Waals surface area (Å²) in [5, 5.41) is 9.38. The van der Waals surface area contributed by atoms with Crippen LogP contribution in [0.2, 0.25) is 0 Å². The van der Waals surface area contributed by atoms with Crippen molar-refractivity contribution in [2.45, 2.75) is 200 Å². The van der Waals surface area contributed by atoms with E-state index in [4.69, 9.17) is 15.2 Å². The Morgan fingerprint density at radius 1 is 0.510 bits per heavy atom. The molecule has 0 fully saturated rings. The number of aliphatic hydroxyl groups is 1. The van der Waals surface area contributed by atoms with E-state index in [9.17, 15) is 9.90 Å². The zero-order chi connectivity index (χ0) is 35.7. The van der Waals surface area contributed by atoms with Crippen LogP contribution in [0.15, 0.2) is 24.3 Å². The van der Waals surface area contributed by atoms with Crippen molar-refractivity contribution in [1.82, 2.24) is 4.90 Å². The number of carbonyl (C=O) groups is 1. The van der Waals surface area contributed by atoms with Gasteiger partial charge in [-0.3, -0.25) is 4.79 Å². The lowest BCUT2D eigenvalue weighted by Crippen LogP contribution is -2.48. The Labute approximate surface area is 305 Å². The van der Waals surface area contributed by atoms with Crippen molar-refractivity contribution in [2.75, 3.05) is 46.1 Å². The number of amides is 1. The van der Waals surface area contributed by atoms with Crippen molar-refractivity contribution in [3.05, 3.63) is 24.3 Å². The van der Waals surface area contributed by atoms with Crippen LogP contribution in [-0.4, -0.2) is 68.1 Å². The molecule has 0 aromatic carbocycles. The summed E-state index contributed by atoms with van der Waals surface area (Å²) in [5.74, 6) is -0.232. The van der Waals surface area contributed by atoms with Crippen LogP contribution in [0.25, 0.3) is 0 Å². The number of ether oxygens (including phenoxy) is 2. The van der Waals surface area contributed by atoms with Gasteiger partial charge in [0.1, 0.15) is 6.04 Å². The zero-order valence-corrected chi connectivity index (χ0v) is 32.8. The van der Waals surface area contributed by atoms with E-state index in [0.29, 0.717) is 26.3 Å². The largest absolute Gasteiger partial charge is 0.394 e. The molecule has 1 amide bonds. The van der Waals surface area contributed by atoms with Gasteiger partial charge in [-0.15, -0.1) is 0 Å². The number of nitrogens with zero attached hydrogens (tertiary/aromatic N) is 1. The monoisotopic (exact) mass is 693 g/mol. The van der Waals surface area contributed by atoms with E-state index < -0.39 is 6.04 Å². The first-order valence-corrected chi connectivity index (χ1v) is 21.3. The molecule has 0 aromatic rings. The van der Waals surface area contributed by atoms with Crippen LogP contribution in [0.5, 0.6) is 0 Å². The highest BCUT2D eigenvalue weighted by atomic mass is 16.5. The number of unbranched alkanes of at least 4 members (excludes halogenated alkanes) is 24. The molecule has 0 saturated heterocycles. The van der Waals surface area contributed by atoms with Crippen molar-refractivity contribution in [3.8, 4) is 0 Å². The molecule has 0 bridgehead atoms. The smallest absolute Gasteiger partial charge is 0.242 e. The van der Waals surface area contributed by atoms with Crippen LogP contribution in [0, 0.1) is 0 Å². The average Bonchev–Trinajstić information content (AvgIpc) is 3.11. The lowest BCUT2D eigenvalue weighted by Gasteiger charge is -2.25. The van der Waals surface area contributed by atoms with Gasteiger partial charge >= 0.3 is 0 Å². The quantitative estimate of drug-likeness (QED) is 0.0493. The van der Waals surface area contributed by atoms with Crippen molar-refractivity contribution >= 4 is 5.91 Å².